The van der Waals surface area contributed by atoms with E-state index in [1.54, 1.807) is 0 Å². The number of hydrogen-bond donors (Lipinski definition) is 1. The third-order valence-corrected chi connectivity index (χ3v) is 3.64. The van der Waals surface area contributed by atoms with Gasteiger partial charge in [0, 0.05) is 16.4 Å². The van der Waals surface area contributed by atoms with Crippen LogP contribution in [-0.2, 0) is 5.41 Å². The summed E-state index contributed by atoms with van der Waals surface area (Å²) in [6.45, 7) is 8.25. The van der Waals surface area contributed by atoms with Gasteiger partial charge in [0.2, 0.25) is 0 Å². The molecule has 4 heteroatoms. The molecule has 0 saturated carbocycles. The van der Waals surface area contributed by atoms with Gasteiger partial charge in [-0.1, -0.05) is 39.0 Å². The summed E-state index contributed by atoms with van der Waals surface area (Å²) in [5.41, 5.74) is 2.66. The lowest BCUT2D eigenvalue weighted by Crippen LogP contribution is -2.15. The predicted molar refractivity (Wildman–Crippen MR) is 79.9 cm³/mol. The van der Waals surface area contributed by atoms with Crippen molar-refractivity contribution in [1.82, 2.24) is 4.98 Å². The van der Waals surface area contributed by atoms with Crippen molar-refractivity contribution in [3.8, 4) is 0 Å². The topological polar surface area (TPSA) is 42.0 Å². The Bertz CT molecular complexity index is 596. The Morgan fingerprint density at radius 3 is 2.53 bits per heavy atom. The van der Waals surface area contributed by atoms with Crippen molar-refractivity contribution in [3.05, 3.63) is 46.5 Å². The normalized spacial score (nSPS) is 11.4. The molecule has 0 aliphatic carbocycles. The summed E-state index contributed by atoms with van der Waals surface area (Å²) in [6, 6.07) is 7.54. The Labute approximate surface area is 117 Å². The number of carbonyl (C=O) groups excluding carboxylic acids is 1. The molecular formula is C15H18N2OS. The van der Waals surface area contributed by atoms with Crippen molar-refractivity contribution >= 4 is 22.4 Å². The molecule has 0 aliphatic heterocycles. The highest BCUT2D eigenvalue weighted by atomic mass is 32.1. The average Bonchev–Trinajstić information content (AvgIpc) is 2.77. The zero-order valence-corrected chi connectivity index (χ0v) is 12.5. The number of carbonyl (C=O) groups is 1. The van der Waals surface area contributed by atoms with E-state index in [9.17, 15) is 4.79 Å². The lowest BCUT2D eigenvalue weighted by molar-refractivity contribution is 0.102. The van der Waals surface area contributed by atoms with Crippen LogP contribution in [0, 0.1) is 6.92 Å². The molecule has 0 fully saturated rings. The van der Waals surface area contributed by atoms with E-state index in [2.05, 4.69) is 31.1 Å². The maximum atomic E-state index is 12.1. The van der Waals surface area contributed by atoms with Gasteiger partial charge in [-0.05, 0) is 18.6 Å². The van der Waals surface area contributed by atoms with Gasteiger partial charge in [-0.15, -0.1) is 11.3 Å². The van der Waals surface area contributed by atoms with Crippen molar-refractivity contribution in [3.63, 3.8) is 0 Å². The number of rotatable bonds is 2. The van der Waals surface area contributed by atoms with Gasteiger partial charge >= 0.3 is 0 Å². The smallest absolute Gasteiger partial charge is 0.257 e. The monoisotopic (exact) mass is 274 g/mol. The number of thiazole rings is 1. The molecule has 0 bridgehead atoms. The van der Waals surface area contributed by atoms with Crippen molar-refractivity contribution in [2.75, 3.05) is 5.32 Å². The molecule has 1 aromatic carbocycles. The highest BCUT2D eigenvalue weighted by Crippen LogP contribution is 2.26. The van der Waals surface area contributed by atoms with Crippen LogP contribution in [0.1, 0.15) is 42.4 Å². The van der Waals surface area contributed by atoms with Gasteiger partial charge in [-0.2, -0.15) is 0 Å². The first kappa shape index (κ1) is 13.7. The average molecular weight is 274 g/mol. The molecular weight excluding hydrogens is 256 g/mol. The van der Waals surface area contributed by atoms with E-state index < -0.39 is 0 Å². The lowest BCUT2D eigenvalue weighted by atomic mass is 9.93. The summed E-state index contributed by atoms with van der Waals surface area (Å²) in [5.74, 6) is -0.104. The number of hydrogen-bond acceptors (Lipinski definition) is 3. The molecule has 1 aromatic heterocycles. The molecule has 1 amide bonds. The summed E-state index contributed by atoms with van der Waals surface area (Å²) in [7, 11) is 0. The van der Waals surface area contributed by atoms with Gasteiger partial charge in [0.15, 0.2) is 5.13 Å². The fourth-order valence-electron chi connectivity index (χ4n) is 1.67. The summed E-state index contributed by atoms with van der Waals surface area (Å²) in [4.78, 5) is 16.6. The first-order valence-electron chi connectivity index (χ1n) is 6.21. The number of nitrogens with zero attached hydrogens (tertiary/aromatic N) is 1. The van der Waals surface area contributed by atoms with Crippen molar-refractivity contribution in [1.29, 1.82) is 0 Å². The number of aromatic nitrogens is 1. The maximum Gasteiger partial charge on any atom is 0.257 e. The molecule has 19 heavy (non-hydrogen) atoms. The van der Waals surface area contributed by atoms with E-state index in [4.69, 9.17) is 0 Å². The standard InChI is InChI=1S/C15H18N2OS/c1-10-7-5-6-8-11(10)13(18)17-14-16-12(9-19-14)15(2,3)4/h5-9H,1-4H3,(H,16,17,18). The van der Waals surface area contributed by atoms with E-state index >= 15 is 0 Å². The quantitative estimate of drug-likeness (QED) is 0.899. The second-order valence-corrected chi connectivity index (χ2v) is 6.42. The van der Waals surface area contributed by atoms with E-state index in [1.807, 2.05) is 36.6 Å². The Kier molecular flexibility index (Phi) is 3.71. The van der Waals surface area contributed by atoms with Crippen LogP contribution < -0.4 is 5.32 Å². The highest BCUT2D eigenvalue weighted by Gasteiger charge is 2.18. The molecule has 0 atom stereocenters. The molecule has 1 heterocycles. The summed E-state index contributed by atoms with van der Waals surface area (Å²) in [5, 5.41) is 5.50. The summed E-state index contributed by atoms with van der Waals surface area (Å²) >= 11 is 1.46. The van der Waals surface area contributed by atoms with Crippen LogP contribution in [0.5, 0.6) is 0 Å². The third kappa shape index (κ3) is 3.20. The molecule has 0 unspecified atom stereocenters. The zero-order chi connectivity index (χ0) is 14.0. The van der Waals surface area contributed by atoms with Crippen LogP contribution in [0.2, 0.25) is 0 Å². The van der Waals surface area contributed by atoms with E-state index in [0.29, 0.717) is 10.7 Å². The van der Waals surface area contributed by atoms with Crippen LogP contribution in [0.4, 0.5) is 5.13 Å². The zero-order valence-electron chi connectivity index (χ0n) is 11.7. The molecule has 0 radical (unpaired) electrons. The van der Waals surface area contributed by atoms with E-state index in [-0.39, 0.29) is 11.3 Å². The van der Waals surface area contributed by atoms with Crippen LogP contribution in [0.25, 0.3) is 0 Å². The highest BCUT2D eigenvalue weighted by molar-refractivity contribution is 7.14. The van der Waals surface area contributed by atoms with Gasteiger partial charge in [0.25, 0.3) is 5.91 Å². The Balaban J connectivity index is 2.16. The van der Waals surface area contributed by atoms with Crippen LogP contribution in [0.15, 0.2) is 29.6 Å². The Hall–Kier alpha value is -1.68. The van der Waals surface area contributed by atoms with Crippen LogP contribution in [0.3, 0.4) is 0 Å². The Morgan fingerprint density at radius 1 is 1.26 bits per heavy atom. The third-order valence-electron chi connectivity index (χ3n) is 2.88. The van der Waals surface area contributed by atoms with Gasteiger partial charge in [0.05, 0.1) is 5.69 Å². The van der Waals surface area contributed by atoms with Gasteiger partial charge in [0.1, 0.15) is 0 Å². The van der Waals surface area contributed by atoms with Crippen molar-refractivity contribution in [2.24, 2.45) is 0 Å². The second kappa shape index (κ2) is 5.13. The summed E-state index contributed by atoms with van der Waals surface area (Å²) < 4.78 is 0. The number of nitrogens with one attached hydrogen (secondary N) is 1. The molecule has 100 valence electrons. The first-order valence-corrected chi connectivity index (χ1v) is 7.09. The van der Waals surface area contributed by atoms with Gasteiger partial charge in [-0.25, -0.2) is 4.98 Å². The lowest BCUT2D eigenvalue weighted by Gasteiger charge is -2.14. The maximum absolute atomic E-state index is 12.1. The minimum absolute atomic E-state index is 0.00212. The van der Waals surface area contributed by atoms with Crippen molar-refractivity contribution < 1.29 is 4.79 Å². The molecule has 2 aromatic rings. The number of anilines is 1. The predicted octanol–water partition coefficient (Wildman–Crippen LogP) is 4.00. The van der Waals surface area contributed by atoms with Crippen molar-refractivity contribution in [2.45, 2.75) is 33.1 Å². The summed E-state index contributed by atoms with van der Waals surface area (Å²) in [6.07, 6.45) is 0. The van der Waals surface area contributed by atoms with Crippen LogP contribution in [-0.4, -0.2) is 10.9 Å². The largest absolute Gasteiger partial charge is 0.298 e. The molecule has 0 saturated heterocycles. The molecule has 1 N–H and O–H groups in total. The molecule has 3 nitrogen and oxygen atoms in total. The first-order chi connectivity index (χ1) is 8.88. The SMILES string of the molecule is Cc1ccccc1C(=O)Nc1nc(C(C)(C)C)cs1. The minimum Gasteiger partial charge on any atom is -0.298 e. The van der Waals surface area contributed by atoms with Crippen LogP contribution >= 0.6 is 11.3 Å². The number of amides is 1. The second-order valence-electron chi connectivity index (χ2n) is 5.56. The van der Waals surface area contributed by atoms with Gasteiger partial charge < -0.3 is 0 Å². The fraction of sp³-hybridized carbons (Fsp3) is 0.333. The Morgan fingerprint density at radius 2 is 1.95 bits per heavy atom. The number of benzene rings is 1. The van der Waals surface area contributed by atoms with Gasteiger partial charge in [-0.3, -0.25) is 10.1 Å². The molecule has 2 rings (SSSR count). The fourth-order valence-corrected chi connectivity index (χ4v) is 2.60. The van der Waals surface area contributed by atoms with E-state index in [1.165, 1.54) is 11.3 Å². The number of aryl methyl sites for hydroxylation is 1. The minimum atomic E-state index is -0.104. The molecule has 0 aliphatic rings. The molecule has 0 spiro atoms. The van der Waals surface area contributed by atoms with E-state index in [0.717, 1.165) is 11.3 Å².